The number of sulfone groups is 1. The topological polar surface area (TPSA) is 121 Å². The number of ether oxygens (including phenoxy) is 2. The van der Waals surface area contributed by atoms with E-state index >= 15 is 0 Å². The Hall–Kier alpha value is -3.09. The number of rotatable bonds is 9. The summed E-state index contributed by atoms with van der Waals surface area (Å²) in [4.78, 5) is 50.7. The molecule has 8 nitrogen and oxygen atoms in total. The van der Waals surface area contributed by atoms with Crippen molar-refractivity contribution in [1.29, 1.82) is 0 Å². The van der Waals surface area contributed by atoms with Crippen LogP contribution in [0.2, 0.25) is 5.02 Å². The molecule has 198 valence electrons. The molecule has 0 N–H and O–H groups in total. The summed E-state index contributed by atoms with van der Waals surface area (Å²) in [5.41, 5.74) is -0.836. The molecule has 1 saturated carbocycles. The first-order chi connectivity index (χ1) is 17.3. The molecule has 0 amide bonds. The summed E-state index contributed by atoms with van der Waals surface area (Å²) in [5, 5.41) is -0.613. The first kappa shape index (κ1) is 28.5. The lowest BCUT2D eigenvalue weighted by molar-refractivity contribution is -0.140. The van der Waals surface area contributed by atoms with E-state index in [1.54, 1.807) is 18.2 Å². The number of alkyl halides is 3. The minimum absolute atomic E-state index is 0.147. The molecule has 0 heterocycles. The van der Waals surface area contributed by atoms with Gasteiger partial charge in [0.1, 0.15) is 5.92 Å². The molecule has 3 unspecified atom stereocenters. The number of hydrogen-bond donors (Lipinski definition) is 0. The standard InChI is InChI=1S/C24H20ClF3O8S/c1-37(33,34)17-10-7-13(19(25)14(17)11-35-23(28)22(26)27)20(30)18-15(29)8-9-16(21(18)31)36-24(32)12-5-3-2-4-6-12/h2-7,10,16,18,22-23H,8-9,11H2,1H3. The van der Waals surface area contributed by atoms with Crippen molar-refractivity contribution in [3.8, 4) is 0 Å². The molecule has 0 aromatic heterocycles. The van der Waals surface area contributed by atoms with Gasteiger partial charge >= 0.3 is 5.97 Å². The van der Waals surface area contributed by atoms with E-state index in [0.717, 1.165) is 18.4 Å². The fraction of sp³-hybridized carbons (Fsp3) is 0.333. The molecule has 37 heavy (non-hydrogen) atoms. The van der Waals surface area contributed by atoms with Gasteiger partial charge in [0.2, 0.25) is 0 Å². The SMILES string of the molecule is CS(=O)(=O)c1ccc(C(=O)C2C(=O)CCC(OC(=O)c3ccccc3)C2=O)c(Cl)c1COC(F)C(F)F. The van der Waals surface area contributed by atoms with E-state index in [0.29, 0.717) is 0 Å². The van der Waals surface area contributed by atoms with Crippen LogP contribution in [0.5, 0.6) is 0 Å². The van der Waals surface area contributed by atoms with E-state index in [-0.39, 0.29) is 18.4 Å². The van der Waals surface area contributed by atoms with E-state index in [9.17, 15) is 40.8 Å². The lowest BCUT2D eigenvalue weighted by Crippen LogP contribution is -2.45. The highest BCUT2D eigenvalue weighted by Gasteiger charge is 2.44. The van der Waals surface area contributed by atoms with Gasteiger partial charge in [-0.25, -0.2) is 26.4 Å². The van der Waals surface area contributed by atoms with Crippen LogP contribution in [0.1, 0.15) is 39.1 Å². The van der Waals surface area contributed by atoms with Crippen molar-refractivity contribution in [2.75, 3.05) is 6.26 Å². The third kappa shape index (κ3) is 6.43. The van der Waals surface area contributed by atoms with Gasteiger partial charge in [0.25, 0.3) is 12.8 Å². The first-order valence-corrected chi connectivity index (χ1v) is 13.0. The van der Waals surface area contributed by atoms with Crippen LogP contribution in [-0.4, -0.2) is 56.9 Å². The zero-order chi connectivity index (χ0) is 27.5. The molecule has 2 aromatic rings. The highest BCUT2D eigenvalue weighted by molar-refractivity contribution is 7.90. The summed E-state index contributed by atoms with van der Waals surface area (Å²) < 4.78 is 72.2. The van der Waals surface area contributed by atoms with Gasteiger partial charge in [-0.15, -0.1) is 0 Å². The molecule has 0 bridgehead atoms. The molecule has 0 saturated heterocycles. The Morgan fingerprint density at radius 1 is 1.08 bits per heavy atom. The number of ketones is 3. The van der Waals surface area contributed by atoms with Crippen molar-refractivity contribution in [3.63, 3.8) is 0 Å². The van der Waals surface area contributed by atoms with Gasteiger partial charge < -0.3 is 9.47 Å². The Kier molecular flexibility index (Phi) is 8.88. The van der Waals surface area contributed by atoms with Crippen LogP contribution in [0.25, 0.3) is 0 Å². The molecule has 1 fully saturated rings. The highest BCUT2D eigenvalue weighted by atomic mass is 35.5. The number of hydrogen-bond acceptors (Lipinski definition) is 8. The van der Waals surface area contributed by atoms with E-state index in [1.165, 1.54) is 12.1 Å². The van der Waals surface area contributed by atoms with Gasteiger partial charge in [0.05, 0.1) is 22.1 Å². The number of carbonyl (C=O) groups is 4. The summed E-state index contributed by atoms with van der Waals surface area (Å²) in [6.07, 6.45) is -7.66. The Labute approximate surface area is 214 Å². The summed E-state index contributed by atoms with van der Waals surface area (Å²) in [5.74, 6) is -5.63. The summed E-state index contributed by atoms with van der Waals surface area (Å²) in [7, 11) is -4.04. The molecule has 0 radical (unpaired) electrons. The van der Waals surface area contributed by atoms with Gasteiger partial charge in [0.15, 0.2) is 33.3 Å². The fourth-order valence-corrected chi connectivity index (χ4v) is 5.03. The lowest BCUT2D eigenvalue weighted by atomic mass is 9.80. The normalized spacial score (nSPS) is 19.1. The van der Waals surface area contributed by atoms with Crippen molar-refractivity contribution in [2.45, 2.75) is 43.2 Å². The Bertz CT molecular complexity index is 1330. The molecule has 0 aliphatic heterocycles. The summed E-state index contributed by atoms with van der Waals surface area (Å²) >= 11 is 6.21. The molecular formula is C24H20ClF3O8S. The molecule has 2 aromatic carbocycles. The third-order valence-electron chi connectivity index (χ3n) is 5.55. The number of esters is 1. The molecule has 0 spiro atoms. The van der Waals surface area contributed by atoms with Gasteiger partial charge in [-0.2, -0.15) is 0 Å². The largest absolute Gasteiger partial charge is 0.451 e. The molecule has 1 aliphatic carbocycles. The maximum Gasteiger partial charge on any atom is 0.338 e. The van der Waals surface area contributed by atoms with Crippen molar-refractivity contribution in [3.05, 3.63) is 64.2 Å². The van der Waals surface area contributed by atoms with E-state index in [1.807, 2.05) is 0 Å². The summed E-state index contributed by atoms with van der Waals surface area (Å²) in [6.45, 7) is -1.04. The van der Waals surface area contributed by atoms with Gasteiger partial charge in [-0.05, 0) is 30.7 Å². The van der Waals surface area contributed by atoms with Crippen LogP contribution in [0, 0.1) is 5.92 Å². The molecular weight excluding hydrogens is 541 g/mol. The lowest BCUT2D eigenvalue weighted by Gasteiger charge is -2.26. The van der Waals surface area contributed by atoms with Crippen molar-refractivity contribution >= 4 is 44.8 Å². The fourth-order valence-electron chi connectivity index (χ4n) is 3.74. The van der Waals surface area contributed by atoms with E-state index in [4.69, 9.17) is 16.3 Å². The molecule has 3 atom stereocenters. The van der Waals surface area contributed by atoms with Crippen LogP contribution in [-0.2, 0) is 35.5 Å². The predicted molar refractivity (Wildman–Crippen MR) is 123 cm³/mol. The molecule has 3 rings (SSSR count). The monoisotopic (exact) mass is 560 g/mol. The van der Waals surface area contributed by atoms with Crippen LogP contribution in [0.4, 0.5) is 13.2 Å². The average Bonchev–Trinajstić information content (AvgIpc) is 2.84. The van der Waals surface area contributed by atoms with Crippen LogP contribution < -0.4 is 0 Å². The maximum atomic E-state index is 13.3. The second-order valence-corrected chi connectivity index (χ2v) is 10.5. The van der Waals surface area contributed by atoms with Crippen molar-refractivity contribution in [1.82, 2.24) is 0 Å². The highest BCUT2D eigenvalue weighted by Crippen LogP contribution is 2.33. The van der Waals surface area contributed by atoms with Crippen LogP contribution in [0.3, 0.4) is 0 Å². The van der Waals surface area contributed by atoms with Crippen molar-refractivity contribution in [2.24, 2.45) is 5.92 Å². The zero-order valence-corrected chi connectivity index (χ0v) is 20.7. The van der Waals surface area contributed by atoms with Gasteiger partial charge in [-0.3, -0.25) is 14.4 Å². The number of halogens is 4. The Morgan fingerprint density at radius 3 is 2.32 bits per heavy atom. The smallest absolute Gasteiger partial charge is 0.338 e. The molecule has 13 heteroatoms. The van der Waals surface area contributed by atoms with Gasteiger partial charge in [-0.1, -0.05) is 29.8 Å². The van der Waals surface area contributed by atoms with Crippen LogP contribution in [0.15, 0.2) is 47.4 Å². The minimum Gasteiger partial charge on any atom is -0.451 e. The number of benzene rings is 2. The molecule has 1 aliphatic rings. The van der Waals surface area contributed by atoms with E-state index in [2.05, 4.69) is 4.74 Å². The zero-order valence-electron chi connectivity index (χ0n) is 19.2. The predicted octanol–water partition coefficient (Wildman–Crippen LogP) is 3.78. The van der Waals surface area contributed by atoms with Crippen molar-refractivity contribution < 1.29 is 50.2 Å². The third-order valence-corrected chi connectivity index (χ3v) is 7.16. The van der Waals surface area contributed by atoms with Gasteiger partial charge in [0, 0.05) is 23.8 Å². The number of Topliss-reactive ketones (excluding diaryl/α,β-unsaturated/α-hetero) is 3. The second kappa shape index (κ2) is 11.5. The van der Waals surface area contributed by atoms with E-state index < -0.39 is 85.6 Å². The maximum absolute atomic E-state index is 13.3. The quantitative estimate of drug-likeness (QED) is 0.258. The second-order valence-electron chi connectivity index (χ2n) is 8.14. The summed E-state index contributed by atoms with van der Waals surface area (Å²) in [6, 6.07) is 9.57. The number of carbonyl (C=O) groups excluding carboxylic acids is 4. The minimum atomic E-state index is -4.04. The van der Waals surface area contributed by atoms with Crippen LogP contribution >= 0.6 is 11.6 Å². The average molecular weight is 561 g/mol. The Balaban J connectivity index is 1.92. The Morgan fingerprint density at radius 2 is 1.73 bits per heavy atom. The first-order valence-electron chi connectivity index (χ1n) is 10.7.